The standard InChI is InChI=1S/C22H37NO4Si.C9H8O4.C7H17NO/c1-8-14-23(15-9-10-16-27-28(6,7)22(2,3)4)20(24)18-12-11-13-19(17-18)21(25)26-5;1-13-9(12)7-4-2-3-6(5-7)8(10)11;1-2-5-8-6-3-4-7-9/h11-13,17H,8-10,14-16H2,1-7H3;2-5H,1H3,(H,10,11);8-9H,2-7H2,1H3. The first-order valence-corrected chi connectivity index (χ1v) is 20.4. The number of esters is 2. The number of hydrogen-bond acceptors (Lipinski definition) is 9. The highest BCUT2D eigenvalue weighted by Gasteiger charge is 2.36. The number of amides is 1. The minimum atomic E-state index is -1.72. The third-order valence-electron chi connectivity index (χ3n) is 8.12. The number of aliphatic hydroxyl groups is 1. The molecule has 1 amide bonds. The molecule has 0 heterocycles. The fraction of sp³-hybridized carbons (Fsp3) is 0.579. The fourth-order valence-corrected chi connectivity index (χ4v) is 5.26. The van der Waals surface area contributed by atoms with Crippen LogP contribution in [0.25, 0.3) is 0 Å². The van der Waals surface area contributed by atoms with Crippen LogP contribution in [0.15, 0.2) is 48.5 Å². The van der Waals surface area contributed by atoms with E-state index in [1.165, 1.54) is 44.9 Å². The molecule has 0 spiro atoms. The molecule has 2 aromatic rings. The van der Waals surface area contributed by atoms with Crippen LogP contribution in [0.1, 0.15) is 115 Å². The number of nitrogens with one attached hydrogen (secondary N) is 1. The van der Waals surface area contributed by atoms with Gasteiger partial charge in [-0.15, -0.1) is 0 Å². The SMILES string of the molecule is CCCN(CCCCO[Si](C)(C)C(C)(C)C)C(=O)c1cccc(C(=O)OC)c1.CCCNCCCCO.COC(=O)c1cccc(C(=O)O)c1. The first-order chi connectivity index (χ1) is 23.6. The first kappa shape index (κ1) is 46.4. The van der Waals surface area contributed by atoms with Crippen LogP contribution >= 0.6 is 0 Å². The van der Waals surface area contributed by atoms with Gasteiger partial charge in [-0.25, -0.2) is 14.4 Å². The maximum absolute atomic E-state index is 12.9. The van der Waals surface area contributed by atoms with Crippen molar-refractivity contribution in [2.45, 2.75) is 91.3 Å². The number of aliphatic hydroxyl groups excluding tert-OH is 1. The maximum Gasteiger partial charge on any atom is 0.337 e. The van der Waals surface area contributed by atoms with Crippen molar-refractivity contribution < 1.29 is 43.3 Å². The molecule has 0 aromatic heterocycles. The lowest BCUT2D eigenvalue weighted by atomic mass is 10.1. The number of unbranched alkanes of at least 4 members (excludes halogenated alkanes) is 2. The van der Waals surface area contributed by atoms with Crippen molar-refractivity contribution in [2.75, 3.05) is 53.6 Å². The van der Waals surface area contributed by atoms with Gasteiger partial charge in [0.1, 0.15) is 0 Å². The number of hydrogen-bond donors (Lipinski definition) is 3. The molecule has 0 unspecified atom stereocenters. The van der Waals surface area contributed by atoms with Crippen molar-refractivity contribution in [2.24, 2.45) is 0 Å². The lowest BCUT2D eigenvalue weighted by Gasteiger charge is -2.36. The Morgan fingerprint density at radius 2 is 1.30 bits per heavy atom. The van der Waals surface area contributed by atoms with Crippen LogP contribution in [-0.4, -0.2) is 101 Å². The molecule has 0 aliphatic heterocycles. The molecule has 50 heavy (non-hydrogen) atoms. The summed E-state index contributed by atoms with van der Waals surface area (Å²) < 4.78 is 15.4. The highest BCUT2D eigenvalue weighted by atomic mass is 28.4. The van der Waals surface area contributed by atoms with E-state index in [4.69, 9.17) is 19.4 Å². The number of carboxylic acids is 1. The normalized spacial score (nSPS) is 10.9. The Morgan fingerprint density at radius 1 is 0.760 bits per heavy atom. The number of nitrogens with zero attached hydrogens (tertiary/aromatic N) is 1. The largest absolute Gasteiger partial charge is 0.478 e. The second kappa shape index (κ2) is 25.4. The molecule has 11 nitrogen and oxygen atoms in total. The van der Waals surface area contributed by atoms with Gasteiger partial charge in [0.2, 0.25) is 0 Å². The molecule has 0 saturated heterocycles. The summed E-state index contributed by atoms with van der Waals surface area (Å²) in [6.07, 6.45) is 5.94. The molecular formula is C38H62N2O9Si. The second-order valence-corrected chi connectivity index (χ2v) is 18.0. The van der Waals surface area contributed by atoms with Gasteiger partial charge in [0, 0.05) is 31.9 Å². The van der Waals surface area contributed by atoms with E-state index in [-0.39, 0.29) is 22.1 Å². The third kappa shape index (κ3) is 18.4. The molecule has 0 atom stereocenters. The van der Waals surface area contributed by atoms with E-state index < -0.39 is 26.2 Å². The van der Waals surface area contributed by atoms with Crippen molar-refractivity contribution in [3.63, 3.8) is 0 Å². The lowest BCUT2D eigenvalue weighted by molar-refractivity contribution is 0.0591. The van der Waals surface area contributed by atoms with Crippen molar-refractivity contribution in [3.05, 3.63) is 70.8 Å². The third-order valence-corrected chi connectivity index (χ3v) is 12.7. The van der Waals surface area contributed by atoms with Crippen LogP contribution in [0, 0.1) is 0 Å². The summed E-state index contributed by atoms with van der Waals surface area (Å²) in [7, 11) is 0.868. The molecule has 12 heteroatoms. The number of carbonyl (C=O) groups is 4. The van der Waals surface area contributed by atoms with Crippen LogP contribution in [0.2, 0.25) is 18.1 Å². The second-order valence-electron chi connectivity index (χ2n) is 13.2. The smallest absolute Gasteiger partial charge is 0.337 e. The van der Waals surface area contributed by atoms with Crippen LogP contribution in [-0.2, 0) is 13.9 Å². The molecule has 0 aliphatic carbocycles. The zero-order valence-corrected chi connectivity index (χ0v) is 32.8. The van der Waals surface area contributed by atoms with E-state index in [0.29, 0.717) is 30.8 Å². The molecule has 0 fully saturated rings. The number of carboxylic acid groups (broad SMARTS) is 1. The molecule has 2 rings (SSSR count). The number of ether oxygens (including phenoxy) is 2. The van der Waals surface area contributed by atoms with Crippen molar-refractivity contribution in [1.29, 1.82) is 0 Å². The van der Waals surface area contributed by atoms with E-state index >= 15 is 0 Å². The van der Waals surface area contributed by atoms with Gasteiger partial charge in [-0.1, -0.05) is 46.8 Å². The fourth-order valence-electron chi connectivity index (χ4n) is 4.17. The molecular weight excluding hydrogens is 657 g/mol. The van der Waals surface area contributed by atoms with Gasteiger partial charge in [-0.2, -0.15) is 0 Å². The Balaban J connectivity index is 0.000000891. The summed E-state index contributed by atoms with van der Waals surface area (Å²) in [4.78, 5) is 48.0. The Kier molecular flexibility index (Phi) is 23.6. The zero-order valence-electron chi connectivity index (χ0n) is 31.8. The number of methoxy groups -OCH3 is 2. The van der Waals surface area contributed by atoms with Crippen LogP contribution in [0.5, 0.6) is 0 Å². The predicted molar refractivity (Wildman–Crippen MR) is 201 cm³/mol. The van der Waals surface area contributed by atoms with Gasteiger partial charge in [0.05, 0.1) is 30.9 Å². The van der Waals surface area contributed by atoms with E-state index in [9.17, 15) is 19.2 Å². The highest BCUT2D eigenvalue weighted by molar-refractivity contribution is 6.74. The number of benzene rings is 2. The summed E-state index contributed by atoms with van der Waals surface area (Å²) in [6.45, 7) is 20.1. The van der Waals surface area contributed by atoms with E-state index in [0.717, 1.165) is 51.8 Å². The Morgan fingerprint density at radius 3 is 1.78 bits per heavy atom. The maximum atomic E-state index is 12.9. The average Bonchev–Trinajstić information content (AvgIpc) is 3.10. The Hall–Kier alpha value is -3.58. The van der Waals surface area contributed by atoms with Crippen LogP contribution in [0.3, 0.4) is 0 Å². The summed E-state index contributed by atoms with van der Waals surface area (Å²) in [5.41, 5.74) is 1.23. The zero-order chi connectivity index (χ0) is 38.2. The van der Waals surface area contributed by atoms with Gasteiger partial charge in [-0.3, -0.25) is 4.79 Å². The molecule has 0 saturated carbocycles. The van der Waals surface area contributed by atoms with Gasteiger partial charge in [-0.05, 0) is 106 Å². The van der Waals surface area contributed by atoms with Crippen molar-refractivity contribution in [1.82, 2.24) is 10.2 Å². The topological polar surface area (TPSA) is 152 Å². The molecule has 0 radical (unpaired) electrons. The van der Waals surface area contributed by atoms with Gasteiger partial charge in [0.15, 0.2) is 8.32 Å². The van der Waals surface area contributed by atoms with Crippen LogP contribution < -0.4 is 5.32 Å². The minimum Gasteiger partial charge on any atom is -0.478 e. The van der Waals surface area contributed by atoms with Gasteiger partial charge < -0.3 is 34.3 Å². The van der Waals surface area contributed by atoms with Crippen molar-refractivity contribution >= 4 is 32.1 Å². The molecule has 0 aliphatic rings. The lowest BCUT2D eigenvalue weighted by Crippen LogP contribution is -2.41. The summed E-state index contributed by atoms with van der Waals surface area (Å²) in [6, 6.07) is 12.4. The van der Waals surface area contributed by atoms with E-state index in [2.05, 4.69) is 57.8 Å². The average molecular weight is 719 g/mol. The van der Waals surface area contributed by atoms with Gasteiger partial charge in [0.25, 0.3) is 5.91 Å². The highest BCUT2D eigenvalue weighted by Crippen LogP contribution is 2.36. The van der Waals surface area contributed by atoms with Gasteiger partial charge >= 0.3 is 17.9 Å². The number of rotatable bonds is 18. The minimum absolute atomic E-state index is 0.0436. The summed E-state index contributed by atoms with van der Waals surface area (Å²) in [5, 5.41) is 20.5. The number of carbonyl (C=O) groups excluding carboxylic acids is 3. The van der Waals surface area contributed by atoms with Crippen molar-refractivity contribution in [3.8, 4) is 0 Å². The Labute approximate surface area is 300 Å². The van der Waals surface area contributed by atoms with E-state index in [1.54, 1.807) is 24.3 Å². The summed E-state index contributed by atoms with van der Waals surface area (Å²) in [5.74, 6) is -2.08. The molecule has 2 aromatic carbocycles. The molecule has 0 bridgehead atoms. The Bertz CT molecular complexity index is 1290. The predicted octanol–water partition coefficient (Wildman–Crippen LogP) is 7.06. The summed E-state index contributed by atoms with van der Waals surface area (Å²) >= 11 is 0. The van der Waals surface area contributed by atoms with Crippen LogP contribution in [0.4, 0.5) is 0 Å². The van der Waals surface area contributed by atoms with E-state index in [1.807, 2.05) is 4.90 Å². The first-order valence-electron chi connectivity index (χ1n) is 17.4. The molecule has 282 valence electrons. The molecule has 3 N–H and O–H groups in total. The quantitative estimate of drug-likeness (QED) is 0.0830. The monoisotopic (exact) mass is 718 g/mol. The number of aromatic carboxylic acids is 1.